The van der Waals surface area contributed by atoms with Gasteiger partial charge in [0, 0.05) is 12.2 Å². The minimum Gasteiger partial charge on any atom is -0.463 e. The molecule has 0 saturated heterocycles. The standard InChI is InChI=1S/C43H46O8Si2/c1-7-40(44)48-23-9-25-52(3,4)36-17-13-34(14-18-36)50-42(46)30-11-21-38-32(27-30)29-33-28-31(12-22-39(33)38)43(47)51-35-15-19-37(20-16-35)53(5,6)26-10-24-49-41(45)8-2/h7-8,11-22,27-28H,1-2,9-10,23-26,29H2,3-6H3. The summed E-state index contributed by atoms with van der Waals surface area (Å²) in [5.41, 5.74) is 4.93. The lowest BCUT2D eigenvalue weighted by Crippen LogP contribution is -2.41. The molecule has 5 rings (SSSR count). The van der Waals surface area contributed by atoms with Gasteiger partial charge >= 0.3 is 23.9 Å². The molecular weight excluding hydrogens is 701 g/mol. The van der Waals surface area contributed by atoms with Crippen molar-refractivity contribution in [2.45, 2.75) is 57.5 Å². The largest absolute Gasteiger partial charge is 0.463 e. The molecule has 274 valence electrons. The highest BCUT2D eigenvalue weighted by molar-refractivity contribution is 6.90. The van der Waals surface area contributed by atoms with E-state index in [9.17, 15) is 19.2 Å². The average Bonchev–Trinajstić information content (AvgIpc) is 3.52. The zero-order valence-corrected chi connectivity index (χ0v) is 32.9. The van der Waals surface area contributed by atoms with Gasteiger partial charge in [0.25, 0.3) is 0 Å². The minimum atomic E-state index is -1.78. The van der Waals surface area contributed by atoms with E-state index < -0.39 is 40.0 Å². The van der Waals surface area contributed by atoms with Crippen LogP contribution in [0, 0.1) is 0 Å². The molecule has 0 aliphatic heterocycles. The van der Waals surface area contributed by atoms with Gasteiger partial charge in [-0.15, -0.1) is 0 Å². The molecule has 0 amide bonds. The maximum Gasteiger partial charge on any atom is 0.343 e. The van der Waals surface area contributed by atoms with Crippen molar-refractivity contribution < 1.29 is 38.1 Å². The van der Waals surface area contributed by atoms with E-state index in [1.165, 1.54) is 22.5 Å². The number of carbonyl (C=O) groups is 4. The molecule has 0 radical (unpaired) electrons. The number of hydrogen-bond acceptors (Lipinski definition) is 8. The second-order valence-electron chi connectivity index (χ2n) is 14.5. The fourth-order valence-corrected chi connectivity index (χ4v) is 11.3. The van der Waals surface area contributed by atoms with Crippen molar-refractivity contribution in [2.75, 3.05) is 13.2 Å². The fraction of sp³-hybridized carbons (Fsp3) is 0.256. The average molecular weight is 747 g/mol. The molecule has 0 aromatic heterocycles. The summed E-state index contributed by atoms with van der Waals surface area (Å²) in [5, 5.41) is 2.45. The summed E-state index contributed by atoms with van der Waals surface area (Å²) in [4.78, 5) is 48.9. The third kappa shape index (κ3) is 9.97. The molecule has 0 spiro atoms. The summed E-state index contributed by atoms with van der Waals surface area (Å²) < 4.78 is 21.7. The number of fused-ring (bicyclic) bond motifs is 3. The first-order valence-electron chi connectivity index (χ1n) is 17.8. The Labute approximate surface area is 313 Å². The van der Waals surface area contributed by atoms with Crippen molar-refractivity contribution in [2.24, 2.45) is 0 Å². The predicted molar refractivity (Wildman–Crippen MR) is 213 cm³/mol. The predicted octanol–water partition coefficient (Wildman–Crippen LogP) is 7.77. The molecule has 1 aliphatic carbocycles. The first-order chi connectivity index (χ1) is 25.3. The highest BCUT2D eigenvalue weighted by atomic mass is 28.3. The van der Waals surface area contributed by atoms with Gasteiger partial charge in [0.05, 0.1) is 40.5 Å². The van der Waals surface area contributed by atoms with Crippen LogP contribution in [-0.4, -0.2) is 53.2 Å². The maximum atomic E-state index is 13.2. The van der Waals surface area contributed by atoms with Gasteiger partial charge in [-0.05, 0) is 90.0 Å². The molecule has 0 fully saturated rings. The number of hydrogen-bond donors (Lipinski definition) is 0. The monoisotopic (exact) mass is 746 g/mol. The summed E-state index contributed by atoms with van der Waals surface area (Å²) in [5.74, 6) is -0.744. The van der Waals surface area contributed by atoms with Crippen molar-refractivity contribution in [3.63, 3.8) is 0 Å². The minimum absolute atomic E-state index is 0.369. The van der Waals surface area contributed by atoms with Crippen LogP contribution in [0.4, 0.5) is 0 Å². The van der Waals surface area contributed by atoms with Crippen molar-refractivity contribution in [3.05, 3.63) is 132 Å². The Kier molecular flexibility index (Phi) is 12.5. The highest BCUT2D eigenvalue weighted by Gasteiger charge is 2.26. The normalized spacial score (nSPS) is 11.8. The van der Waals surface area contributed by atoms with Crippen LogP contribution in [0.25, 0.3) is 11.1 Å². The fourth-order valence-electron chi connectivity index (χ4n) is 6.53. The first-order valence-corrected chi connectivity index (χ1v) is 24.2. The lowest BCUT2D eigenvalue weighted by atomic mass is 10.0. The van der Waals surface area contributed by atoms with Gasteiger partial charge in [0.15, 0.2) is 0 Å². The third-order valence-electron chi connectivity index (χ3n) is 9.76. The lowest BCUT2D eigenvalue weighted by Gasteiger charge is -2.23. The van der Waals surface area contributed by atoms with E-state index in [0.717, 1.165) is 47.2 Å². The number of ether oxygens (including phenoxy) is 4. The lowest BCUT2D eigenvalue weighted by molar-refractivity contribution is -0.138. The van der Waals surface area contributed by atoms with Gasteiger partial charge in [-0.25, -0.2) is 19.2 Å². The van der Waals surface area contributed by atoms with Gasteiger partial charge in [-0.3, -0.25) is 0 Å². The molecule has 4 aromatic carbocycles. The van der Waals surface area contributed by atoms with Crippen LogP contribution >= 0.6 is 0 Å². The molecule has 10 heteroatoms. The Hall–Kier alpha value is -5.33. The van der Waals surface area contributed by atoms with E-state index in [2.05, 4.69) is 39.3 Å². The maximum absolute atomic E-state index is 13.2. The zero-order valence-electron chi connectivity index (χ0n) is 30.9. The Bertz CT molecular complexity index is 1870. The molecule has 8 nitrogen and oxygen atoms in total. The number of carbonyl (C=O) groups excluding carboxylic acids is 4. The number of benzene rings is 4. The van der Waals surface area contributed by atoms with Crippen molar-refractivity contribution in [1.82, 2.24) is 0 Å². The number of rotatable bonds is 16. The molecule has 0 saturated carbocycles. The first kappa shape index (κ1) is 38.9. The Morgan fingerprint density at radius 3 is 1.32 bits per heavy atom. The second-order valence-corrected chi connectivity index (χ2v) is 24.2. The van der Waals surface area contributed by atoms with Gasteiger partial charge in [-0.1, -0.05) is 98.2 Å². The molecule has 0 unspecified atom stereocenters. The third-order valence-corrected chi connectivity index (χ3v) is 16.8. The van der Waals surface area contributed by atoms with E-state index in [1.807, 2.05) is 72.8 Å². The van der Waals surface area contributed by atoms with Crippen molar-refractivity contribution >= 4 is 50.4 Å². The molecular formula is C43H46O8Si2. The van der Waals surface area contributed by atoms with E-state index in [-0.39, 0.29) is 0 Å². The van der Waals surface area contributed by atoms with Gasteiger partial charge in [-0.2, -0.15) is 0 Å². The Morgan fingerprint density at radius 1 is 0.585 bits per heavy atom. The molecule has 0 heterocycles. The molecule has 1 aliphatic rings. The van der Waals surface area contributed by atoms with Crippen molar-refractivity contribution in [3.8, 4) is 22.6 Å². The van der Waals surface area contributed by atoms with Crippen LogP contribution in [-0.2, 0) is 25.5 Å². The van der Waals surface area contributed by atoms with Crippen molar-refractivity contribution in [1.29, 1.82) is 0 Å². The van der Waals surface area contributed by atoms with E-state index in [4.69, 9.17) is 18.9 Å². The van der Waals surface area contributed by atoms with Gasteiger partial charge < -0.3 is 18.9 Å². The van der Waals surface area contributed by atoms with E-state index in [0.29, 0.717) is 42.3 Å². The Morgan fingerprint density at radius 2 is 0.962 bits per heavy atom. The molecule has 0 atom stereocenters. The summed E-state index contributed by atoms with van der Waals surface area (Å²) >= 11 is 0. The van der Waals surface area contributed by atoms with Gasteiger partial charge in [0.1, 0.15) is 11.5 Å². The van der Waals surface area contributed by atoms with Crippen LogP contribution in [0.1, 0.15) is 44.7 Å². The molecule has 0 bridgehead atoms. The molecule has 53 heavy (non-hydrogen) atoms. The topological polar surface area (TPSA) is 105 Å². The highest BCUT2D eigenvalue weighted by Crippen LogP contribution is 2.38. The van der Waals surface area contributed by atoms with Crippen LogP contribution in [0.3, 0.4) is 0 Å². The van der Waals surface area contributed by atoms with E-state index in [1.54, 1.807) is 12.1 Å². The molecule has 4 aromatic rings. The zero-order chi connectivity index (χ0) is 38.2. The van der Waals surface area contributed by atoms with Crippen LogP contribution in [0.2, 0.25) is 38.3 Å². The van der Waals surface area contributed by atoms with Gasteiger partial charge in [0.2, 0.25) is 0 Å². The molecule has 0 N–H and O–H groups in total. The summed E-state index contributed by atoms with van der Waals surface area (Å²) in [6.45, 7) is 16.6. The quantitative estimate of drug-likeness (QED) is 0.0332. The number of esters is 4. The summed E-state index contributed by atoms with van der Waals surface area (Å²) in [6.07, 6.45) is 4.48. The SMILES string of the molecule is C=CC(=O)OCCC[Si](C)(C)c1ccc(OC(=O)c2ccc3c(c2)Cc2cc(C(=O)Oc4ccc([Si](C)(C)CCCOC(=O)C=C)cc4)ccc2-3)cc1. The summed E-state index contributed by atoms with van der Waals surface area (Å²) in [6, 6.07) is 28.4. The van der Waals surface area contributed by atoms with Crippen LogP contribution in [0.15, 0.2) is 110 Å². The summed E-state index contributed by atoms with van der Waals surface area (Å²) in [7, 11) is -3.55. The Balaban J connectivity index is 1.15. The second kappa shape index (κ2) is 17.0. The van der Waals surface area contributed by atoms with Crippen LogP contribution in [0.5, 0.6) is 11.5 Å². The van der Waals surface area contributed by atoms with Crippen LogP contribution < -0.4 is 19.8 Å². The van der Waals surface area contributed by atoms with E-state index >= 15 is 0 Å². The smallest absolute Gasteiger partial charge is 0.343 e.